The Morgan fingerprint density at radius 2 is 1.73 bits per heavy atom. The van der Waals surface area contributed by atoms with Gasteiger partial charge in [-0.3, -0.25) is 14.6 Å². The first kappa shape index (κ1) is 9.60. The van der Waals surface area contributed by atoms with Crippen molar-refractivity contribution in [3.05, 3.63) is 0 Å². The molecule has 1 aliphatic carbocycles. The molecule has 2 atom stereocenters. The average Bonchev–Trinajstić information content (AvgIpc) is 2.81. The van der Waals surface area contributed by atoms with Gasteiger partial charge in [-0.2, -0.15) is 0 Å². The fourth-order valence-corrected chi connectivity index (χ4v) is 3.21. The molecule has 0 radical (unpaired) electrons. The third kappa shape index (κ3) is 1.88. The van der Waals surface area contributed by atoms with E-state index in [0.29, 0.717) is 6.54 Å². The minimum atomic E-state index is -0.186. The van der Waals surface area contributed by atoms with Gasteiger partial charge in [0.2, 0.25) is 5.91 Å². The molecule has 0 aromatic carbocycles. The summed E-state index contributed by atoms with van der Waals surface area (Å²) in [7, 11) is 0. The quantitative estimate of drug-likeness (QED) is 0.681. The maximum atomic E-state index is 10.8. The van der Waals surface area contributed by atoms with Crippen LogP contribution in [0.5, 0.6) is 0 Å². The first-order chi connectivity index (χ1) is 7.22. The van der Waals surface area contributed by atoms with Gasteiger partial charge < -0.3 is 5.73 Å². The van der Waals surface area contributed by atoms with Crippen LogP contribution >= 0.6 is 0 Å². The molecule has 0 spiro atoms. The van der Waals surface area contributed by atoms with E-state index in [1.54, 1.807) is 0 Å². The lowest BCUT2D eigenvalue weighted by Gasteiger charge is -2.19. The summed E-state index contributed by atoms with van der Waals surface area (Å²) in [5, 5.41) is 0. The van der Waals surface area contributed by atoms with E-state index < -0.39 is 0 Å². The Labute approximate surface area is 90.4 Å². The minimum absolute atomic E-state index is 0.186. The molecule has 2 heterocycles. The number of carbonyl (C=O) groups is 1. The zero-order valence-corrected chi connectivity index (χ0v) is 9.06. The maximum Gasteiger partial charge on any atom is 0.231 e. The van der Waals surface area contributed by atoms with Gasteiger partial charge in [-0.25, -0.2) is 0 Å². The molecule has 84 valence electrons. The summed E-state index contributed by atoms with van der Waals surface area (Å²) in [4.78, 5) is 15.7. The number of primary amides is 1. The third-order valence-corrected chi connectivity index (χ3v) is 4.03. The Balaban J connectivity index is 1.54. The number of nitrogens with two attached hydrogens (primary N) is 1. The first-order valence-corrected chi connectivity index (χ1v) is 5.97. The van der Waals surface area contributed by atoms with Crippen molar-refractivity contribution in [2.24, 2.45) is 17.6 Å². The molecule has 2 aliphatic heterocycles. The number of hydrogen-bond acceptors (Lipinski definition) is 3. The average molecular weight is 209 g/mol. The van der Waals surface area contributed by atoms with Crippen molar-refractivity contribution in [2.45, 2.75) is 18.9 Å². The van der Waals surface area contributed by atoms with Crippen LogP contribution in [-0.4, -0.2) is 54.5 Å². The Morgan fingerprint density at radius 1 is 1.13 bits per heavy atom. The Hall–Kier alpha value is -0.610. The molecule has 0 bridgehead atoms. The van der Waals surface area contributed by atoms with E-state index >= 15 is 0 Å². The van der Waals surface area contributed by atoms with Crippen LogP contribution in [0, 0.1) is 11.8 Å². The molecule has 1 saturated carbocycles. The lowest BCUT2D eigenvalue weighted by Crippen LogP contribution is -2.35. The van der Waals surface area contributed by atoms with Crippen LogP contribution in [-0.2, 0) is 4.79 Å². The number of nitrogens with zero attached hydrogens (tertiary/aromatic N) is 2. The molecule has 2 unspecified atom stereocenters. The van der Waals surface area contributed by atoms with Crippen molar-refractivity contribution >= 4 is 5.91 Å². The lowest BCUT2D eigenvalue weighted by atomic mass is 10.0. The van der Waals surface area contributed by atoms with Crippen LogP contribution in [0.1, 0.15) is 12.8 Å². The molecule has 4 nitrogen and oxygen atoms in total. The number of hydrogen-bond donors (Lipinski definition) is 1. The standard InChI is InChI=1S/C11H19N3O/c12-11(15)7-13-3-8-5-14(10-1-2-10)6-9(8)4-13/h8-10H,1-7H2,(H2,12,15). The Bertz CT molecular complexity index is 263. The van der Waals surface area contributed by atoms with Crippen molar-refractivity contribution < 1.29 is 4.79 Å². The fourth-order valence-electron chi connectivity index (χ4n) is 3.21. The number of likely N-dealkylation sites (tertiary alicyclic amines) is 2. The second-order valence-corrected chi connectivity index (χ2v) is 5.37. The Kier molecular flexibility index (Phi) is 2.21. The van der Waals surface area contributed by atoms with Crippen molar-refractivity contribution in [2.75, 3.05) is 32.7 Å². The van der Waals surface area contributed by atoms with E-state index in [1.165, 1.54) is 25.9 Å². The molecule has 15 heavy (non-hydrogen) atoms. The van der Waals surface area contributed by atoms with Crippen molar-refractivity contribution in [1.82, 2.24) is 9.80 Å². The predicted molar refractivity (Wildman–Crippen MR) is 57.2 cm³/mol. The van der Waals surface area contributed by atoms with E-state index in [-0.39, 0.29) is 5.91 Å². The Morgan fingerprint density at radius 3 is 2.20 bits per heavy atom. The summed E-state index contributed by atoms with van der Waals surface area (Å²) in [6.45, 7) is 5.12. The third-order valence-electron chi connectivity index (χ3n) is 4.03. The van der Waals surface area contributed by atoms with Crippen molar-refractivity contribution in [3.63, 3.8) is 0 Å². The van der Waals surface area contributed by atoms with E-state index in [1.807, 2.05) is 0 Å². The van der Waals surface area contributed by atoms with Crippen LogP contribution in [0.3, 0.4) is 0 Å². The molecule has 3 rings (SSSR count). The smallest absolute Gasteiger partial charge is 0.231 e. The van der Waals surface area contributed by atoms with Gasteiger partial charge in [0.05, 0.1) is 6.54 Å². The van der Waals surface area contributed by atoms with Gasteiger partial charge in [0.25, 0.3) is 0 Å². The lowest BCUT2D eigenvalue weighted by molar-refractivity contribution is -0.119. The van der Waals surface area contributed by atoms with Crippen LogP contribution < -0.4 is 5.73 Å². The summed E-state index contributed by atoms with van der Waals surface area (Å²) in [5.74, 6) is 1.41. The highest BCUT2D eigenvalue weighted by atomic mass is 16.1. The van der Waals surface area contributed by atoms with Crippen LogP contribution in [0.15, 0.2) is 0 Å². The largest absolute Gasteiger partial charge is 0.369 e. The summed E-state index contributed by atoms with van der Waals surface area (Å²) in [5.41, 5.74) is 5.22. The first-order valence-electron chi connectivity index (χ1n) is 5.97. The predicted octanol–water partition coefficient (Wildman–Crippen LogP) is -0.502. The summed E-state index contributed by atoms with van der Waals surface area (Å²) in [6, 6.07) is 0.903. The van der Waals surface area contributed by atoms with Gasteiger partial charge in [0, 0.05) is 32.2 Å². The molecule has 2 saturated heterocycles. The number of carbonyl (C=O) groups excluding carboxylic acids is 1. The van der Waals surface area contributed by atoms with E-state index in [2.05, 4.69) is 9.80 Å². The molecule has 4 heteroatoms. The van der Waals surface area contributed by atoms with Gasteiger partial charge in [-0.1, -0.05) is 0 Å². The zero-order valence-electron chi connectivity index (χ0n) is 9.06. The molecular formula is C11H19N3O. The molecule has 0 aromatic heterocycles. The van der Waals surface area contributed by atoms with Gasteiger partial charge >= 0.3 is 0 Å². The van der Waals surface area contributed by atoms with E-state index in [4.69, 9.17) is 5.73 Å². The van der Waals surface area contributed by atoms with Gasteiger partial charge in [-0.05, 0) is 24.7 Å². The topological polar surface area (TPSA) is 49.6 Å². The number of fused-ring (bicyclic) bond motifs is 1. The SMILES string of the molecule is NC(=O)CN1CC2CN(C3CC3)CC2C1. The summed E-state index contributed by atoms with van der Waals surface area (Å²) < 4.78 is 0. The van der Waals surface area contributed by atoms with Crippen LogP contribution in [0.2, 0.25) is 0 Å². The van der Waals surface area contributed by atoms with Gasteiger partial charge in [-0.15, -0.1) is 0 Å². The summed E-state index contributed by atoms with van der Waals surface area (Å²) >= 11 is 0. The zero-order chi connectivity index (χ0) is 10.4. The second-order valence-electron chi connectivity index (χ2n) is 5.37. The second kappa shape index (κ2) is 3.46. The monoisotopic (exact) mass is 209 g/mol. The highest BCUT2D eigenvalue weighted by Crippen LogP contribution is 2.37. The highest BCUT2D eigenvalue weighted by Gasteiger charge is 2.44. The minimum Gasteiger partial charge on any atom is -0.369 e. The number of amides is 1. The summed E-state index contributed by atoms with van der Waals surface area (Å²) in [6.07, 6.45) is 2.81. The van der Waals surface area contributed by atoms with E-state index in [0.717, 1.165) is 31.0 Å². The fraction of sp³-hybridized carbons (Fsp3) is 0.909. The highest BCUT2D eigenvalue weighted by molar-refractivity contribution is 5.75. The molecule has 3 aliphatic rings. The van der Waals surface area contributed by atoms with Gasteiger partial charge in [0.1, 0.15) is 0 Å². The maximum absolute atomic E-state index is 10.8. The normalized spacial score (nSPS) is 37.1. The van der Waals surface area contributed by atoms with Crippen LogP contribution in [0.25, 0.3) is 0 Å². The van der Waals surface area contributed by atoms with Crippen LogP contribution in [0.4, 0.5) is 0 Å². The molecule has 1 amide bonds. The molecular weight excluding hydrogens is 190 g/mol. The molecule has 2 N–H and O–H groups in total. The van der Waals surface area contributed by atoms with Crippen molar-refractivity contribution in [3.8, 4) is 0 Å². The van der Waals surface area contributed by atoms with Crippen molar-refractivity contribution in [1.29, 1.82) is 0 Å². The van der Waals surface area contributed by atoms with Gasteiger partial charge in [0.15, 0.2) is 0 Å². The number of rotatable bonds is 3. The van der Waals surface area contributed by atoms with E-state index in [9.17, 15) is 4.79 Å². The molecule has 0 aromatic rings. The molecule has 3 fully saturated rings.